The van der Waals surface area contributed by atoms with Crippen LogP contribution in [0.5, 0.6) is 5.75 Å². The van der Waals surface area contributed by atoms with Gasteiger partial charge in [0.15, 0.2) is 0 Å². The minimum Gasteiger partial charge on any atom is -0.496 e. The Morgan fingerprint density at radius 1 is 1.42 bits per heavy atom. The second-order valence-electron chi connectivity index (χ2n) is 5.73. The van der Waals surface area contributed by atoms with E-state index in [1.54, 1.807) is 7.11 Å². The summed E-state index contributed by atoms with van der Waals surface area (Å²) in [7, 11) is 1.65. The highest BCUT2D eigenvalue weighted by atomic mass is 16.5. The number of benzene rings is 1. The Morgan fingerprint density at radius 2 is 2.16 bits per heavy atom. The minimum atomic E-state index is 0.147. The number of methoxy groups -OCH3 is 1. The lowest BCUT2D eigenvalue weighted by molar-refractivity contribution is 0.0784. The van der Waals surface area contributed by atoms with Gasteiger partial charge in [-0.25, -0.2) is 0 Å². The van der Waals surface area contributed by atoms with Crippen molar-refractivity contribution in [1.82, 2.24) is 4.90 Å². The summed E-state index contributed by atoms with van der Waals surface area (Å²) in [5.74, 6) is 2.27. The molecule has 0 bridgehead atoms. The first kappa shape index (κ1) is 13.9. The summed E-state index contributed by atoms with van der Waals surface area (Å²) in [4.78, 5) is 14.4. The molecule has 0 radical (unpaired) electrons. The molecular weight excluding hydrogens is 238 g/mol. The van der Waals surface area contributed by atoms with Crippen molar-refractivity contribution in [3.8, 4) is 5.75 Å². The fraction of sp³-hybridized carbons (Fsp3) is 0.562. The molecular formula is C16H23NO2. The summed E-state index contributed by atoms with van der Waals surface area (Å²) in [5.41, 5.74) is 1.77. The van der Waals surface area contributed by atoms with Crippen molar-refractivity contribution in [1.29, 1.82) is 0 Å². The van der Waals surface area contributed by atoms with Gasteiger partial charge in [0.2, 0.25) is 0 Å². The van der Waals surface area contributed by atoms with E-state index >= 15 is 0 Å². The van der Waals surface area contributed by atoms with Gasteiger partial charge in [0.1, 0.15) is 5.75 Å². The van der Waals surface area contributed by atoms with Crippen LogP contribution in [-0.2, 0) is 0 Å². The molecule has 1 aliphatic heterocycles. The van der Waals surface area contributed by atoms with Gasteiger partial charge in [-0.15, -0.1) is 0 Å². The SMILES string of the molecule is COc1ccc(C(=O)N2CCC(C(C)C)C2)cc1C. The Bertz CT molecular complexity index is 468. The van der Waals surface area contributed by atoms with Crippen LogP contribution in [0.25, 0.3) is 0 Å². The van der Waals surface area contributed by atoms with Crippen LogP contribution in [0, 0.1) is 18.8 Å². The number of nitrogens with zero attached hydrogens (tertiary/aromatic N) is 1. The highest BCUT2D eigenvalue weighted by Crippen LogP contribution is 2.26. The first-order valence-electron chi connectivity index (χ1n) is 6.97. The largest absolute Gasteiger partial charge is 0.496 e. The summed E-state index contributed by atoms with van der Waals surface area (Å²) >= 11 is 0. The molecule has 1 aromatic carbocycles. The number of amides is 1. The minimum absolute atomic E-state index is 0.147. The maximum absolute atomic E-state index is 12.5. The molecule has 1 atom stereocenters. The Balaban J connectivity index is 2.10. The molecule has 1 amide bonds. The summed E-state index contributed by atoms with van der Waals surface area (Å²) in [5, 5.41) is 0. The molecule has 1 fully saturated rings. The van der Waals surface area contributed by atoms with Crippen LogP contribution in [0.3, 0.4) is 0 Å². The van der Waals surface area contributed by atoms with Gasteiger partial charge in [-0.2, -0.15) is 0 Å². The number of hydrogen-bond acceptors (Lipinski definition) is 2. The van der Waals surface area contributed by atoms with Gasteiger partial charge in [-0.05, 0) is 48.9 Å². The van der Waals surface area contributed by atoms with Crippen molar-refractivity contribution in [3.05, 3.63) is 29.3 Å². The average Bonchev–Trinajstić information content (AvgIpc) is 2.87. The third-order valence-corrected chi connectivity index (χ3v) is 4.10. The quantitative estimate of drug-likeness (QED) is 0.836. The van der Waals surface area contributed by atoms with Gasteiger partial charge in [0.25, 0.3) is 5.91 Å². The van der Waals surface area contributed by atoms with Crippen molar-refractivity contribution in [2.24, 2.45) is 11.8 Å². The highest BCUT2D eigenvalue weighted by molar-refractivity contribution is 5.94. The van der Waals surface area contributed by atoms with Crippen LogP contribution in [-0.4, -0.2) is 31.0 Å². The van der Waals surface area contributed by atoms with E-state index in [1.165, 1.54) is 0 Å². The van der Waals surface area contributed by atoms with Crippen LogP contribution in [0.15, 0.2) is 18.2 Å². The van der Waals surface area contributed by atoms with E-state index in [9.17, 15) is 4.79 Å². The molecule has 0 N–H and O–H groups in total. The van der Waals surface area contributed by atoms with Crippen molar-refractivity contribution >= 4 is 5.91 Å². The smallest absolute Gasteiger partial charge is 0.253 e. The molecule has 1 aromatic rings. The van der Waals surface area contributed by atoms with Gasteiger partial charge in [0, 0.05) is 18.7 Å². The predicted molar refractivity (Wildman–Crippen MR) is 76.6 cm³/mol. The lowest BCUT2D eigenvalue weighted by Crippen LogP contribution is -2.29. The normalized spacial score (nSPS) is 19.0. The zero-order valence-corrected chi connectivity index (χ0v) is 12.3. The van der Waals surface area contributed by atoms with Gasteiger partial charge in [-0.3, -0.25) is 4.79 Å². The molecule has 1 aliphatic rings. The monoisotopic (exact) mass is 261 g/mol. The summed E-state index contributed by atoms with van der Waals surface area (Å²) in [6, 6.07) is 5.65. The lowest BCUT2D eigenvalue weighted by Gasteiger charge is -2.18. The number of rotatable bonds is 3. The molecule has 1 heterocycles. The second kappa shape index (κ2) is 5.64. The van der Waals surface area contributed by atoms with Crippen LogP contribution < -0.4 is 4.74 Å². The van der Waals surface area contributed by atoms with E-state index in [4.69, 9.17) is 4.74 Å². The Hall–Kier alpha value is -1.51. The molecule has 3 nitrogen and oxygen atoms in total. The molecule has 19 heavy (non-hydrogen) atoms. The Morgan fingerprint density at radius 3 is 2.68 bits per heavy atom. The Labute approximate surface area is 115 Å². The van der Waals surface area contributed by atoms with E-state index in [0.29, 0.717) is 11.8 Å². The number of aryl methyl sites for hydroxylation is 1. The lowest BCUT2D eigenvalue weighted by atomic mass is 9.95. The number of likely N-dealkylation sites (tertiary alicyclic amines) is 1. The maximum Gasteiger partial charge on any atom is 0.253 e. The number of carbonyl (C=O) groups excluding carboxylic acids is 1. The summed E-state index contributed by atoms with van der Waals surface area (Å²) < 4.78 is 5.23. The van der Waals surface area contributed by atoms with Crippen LogP contribution in [0.1, 0.15) is 36.2 Å². The molecule has 1 unspecified atom stereocenters. The van der Waals surface area contributed by atoms with E-state index in [0.717, 1.165) is 36.4 Å². The van der Waals surface area contributed by atoms with Crippen LogP contribution in [0.4, 0.5) is 0 Å². The molecule has 104 valence electrons. The van der Waals surface area contributed by atoms with Gasteiger partial charge < -0.3 is 9.64 Å². The molecule has 0 spiro atoms. The molecule has 0 aliphatic carbocycles. The van der Waals surface area contributed by atoms with Gasteiger partial charge in [-0.1, -0.05) is 13.8 Å². The highest BCUT2D eigenvalue weighted by Gasteiger charge is 2.28. The summed E-state index contributed by atoms with van der Waals surface area (Å²) in [6.07, 6.45) is 1.12. The van der Waals surface area contributed by atoms with Crippen molar-refractivity contribution in [2.75, 3.05) is 20.2 Å². The first-order chi connectivity index (χ1) is 9.02. The second-order valence-corrected chi connectivity index (χ2v) is 5.73. The van der Waals surface area contributed by atoms with Crippen LogP contribution in [0.2, 0.25) is 0 Å². The number of carbonyl (C=O) groups is 1. The number of ether oxygens (including phenoxy) is 1. The molecule has 0 saturated carbocycles. The van der Waals surface area contributed by atoms with E-state index < -0.39 is 0 Å². The van der Waals surface area contributed by atoms with Crippen molar-refractivity contribution in [3.63, 3.8) is 0 Å². The van der Waals surface area contributed by atoms with Crippen LogP contribution >= 0.6 is 0 Å². The fourth-order valence-electron chi connectivity index (χ4n) is 2.71. The Kier molecular flexibility index (Phi) is 4.13. The van der Waals surface area contributed by atoms with Crippen molar-refractivity contribution < 1.29 is 9.53 Å². The molecule has 0 aromatic heterocycles. The van der Waals surface area contributed by atoms with E-state index in [2.05, 4.69) is 13.8 Å². The average molecular weight is 261 g/mol. The van der Waals surface area contributed by atoms with E-state index in [-0.39, 0.29) is 5.91 Å². The first-order valence-corrected chi connectivity index (χ1v) is 6.97. The third kappa shape index (κ3) is 2.91. The molecule has 2 rings (SSSR count). The standard InChI is InChI=1S/C16H23NO2/c1-11(2)14-7-8-17(10-14)16(18)13-5-6-15(19-4)12(3)9-13/h5-6,9,11,14H,7-8,10H2,1-4H3. The number of hydrogen-bond donors (Lipinski definition) is 0. The zero-order valence-electron chi connectivity index (χ0n) is 12.3. The summed E-state index contributed by atoms with van der Waals surface area (Å²) in [6.45, 7) is 8.21. The van der Waals surface area contributed by atoms with Gasteiger partial charge >= 0.3 is 0 Å². The molecule has 3 heteroatoms. The van der Waals surface area contributed by atoms with Gasteiger partial charge in [0.05, 0.1) is 7.11 Å². The maximum atomic E-state index is 12.5. The van der Waals surface area contributed by atoms with E-state index in [1.807, 2.05) is 30.0 Å². The zero-order chi connectivity index (χ0) is 14.0. The third-order valence-electron chi connectivity index (χ3n) is 4.10. The topological polar surface area (TPSA) is 29.5 Å². The molecule has 1 saturated heterocycles. The van der Waals surface area contributed by atoms with Crippen molar-refractivity contribution in [2.45, 2.75) is 27.2 Å². The predicted octanol–water partition coefficient (Wildman–Crippen LogP) is 3.12. The fourth-order valence-corrected chi connectivity index (χ4v) is 2.71.